The molecule has 2 heterocycles. The zero-order valence-electron chi connectivity index (χ0n) is 18.7. The summed E-state index contributed by atoms with van der Waals surface area (Å²) in [7, 11) is -3.67. The highest BCUT2D eigenvalue weighted by atomic mass is 32.2. The maximum absolute atomic E-state index is 13.0. The smallest absolute Gasteiger partial charge is 0.240 e. The highest BCUT2D eigenvalue weighted by Crippen LogP contribution is 2.22. The molecule has 0 spiro atoms. The summed E-state index contributed by atoms with van der Waals surface area (Å²) in [6, 6.07) is 12.1. The number of amides is 2. The van der Waals surface area contributed by atoms with Crippen LogP contribution in [-0.2, 0) is 30.8 Å². The van der Waals surface area contributed by atoms with Gasteiger partial charge < -0.3 is 15.0 Å². The van der Waals surface area contributed by atoms with Gasteiger partial charge in [-0.25, -0.2) is 17.5 Å². The number of hydrogen-bond donors (Lipinski definition) is 2. The summed E-state index contributed by atoms with van der Waals surface area (Å²) >= 11 is 0. The van der Waals surface area contributed by atoms with Crippen molar-refractivity contribution in [3.8, 4) is 0 Å². The first kappa shape index (κ1) is 24.3. The molecule has 2 fully saturated rings. The quantitative estimate of drug-likeness (QED) is 0.563. The minimum atomic E-state index is -3.67. The molecule has 8 nitrogen and oxygen atoms in total. The number of likely N-dealkylation sites (tertiary alicyclic amines) is 1. The van der Waals surface area contributed by atoms with Crippen LogP contribution in [0.2, 0.25) is 0 Å². The minimum absolute atomic E-state index is 0.0963. The van der Waals surface area contributed by atoms with Crippen LogP contribution in [0.4, 0.5) is 10.1 Å². The predicted octanol–water partition coefficient (Wildman–Crippen LogP) is 2.31. The van der Waals surface area contributed by atoms with Gasteiger partial charge in [-0.3, -0.25) is 9.59 Å². The summed E-state index contributed by atoms with van der Waals surface area (Å²) in [6.07, 6.45) is 2.37. The minimum Gasteiger partial charge on any atom is -0.377 e. The van der Waals surface area contributed by atoms with E-state index in [-0.39, 0.29) is 41.6 Å². The van der Waals surface area contributed by atoms with Crippen LogP contribution in [0, 0.1) is 11.7 Å². The van der Waals surface area contributed by atoms with E-state index in [2.05, 4.69) is 10.0 Å². The Hall–Kier alpha value is -2.82. The number of anilines is 1. The number of carbonyl (C=O) groups is 2. The SMILES string of the molecule is O=C(Nc1ccc(S(=O)(=O)NC[C@@H]2CCCO2)cc1)[C@H]1CC(=O)N(CCc2ccc(F)cc2)C1. The van der Waals surface area contributed by atoms with E-state index >= 15 is 0 Å². The first-order valence-electron chi connectivity index (χ1n) is 11.3. The van der Waals surface area contributed by atoms with Gasteiger partial charge >= 0.3 is 0 Å². The number of ether oxygens (including phenoxy) is 1. The van der Waals surface area contributed by atoms with Gasteiger partial charge in [-0.15, -0.1) is 0 Å². The van der Waals surface area contributed by atoms with Gasteiger partial charge in [0.1, 0.15) is 5.82 Å². The Morgan fingerprint density at radius 2 is 1.85 bits per heavy atom. The third-order valence-electron chi connectivity index (χ3n) is 6.13. The largest absolute Gasteiger partial charge is 0.377 e. The lowest BCUT2D eigenvalue weighted by Crippen LogP contribution is -2.31. The first-order valence-corrected chi connectivity index (χ1v) is 12.8. The lowest BCUT2D eigenvalue weighted by Gasteiger charge is -2.16. The molecular formula is C24H28FN3O5S. The van der Waals surface area contributed by atoms with Crippen molar-refractivity contribution in [2.75, 3.05) is 31.6 Å². The maximum atomic E-state index is 13.0. The van der Waals surface area contributed by atoms with E-state index in [0.717, 1.165) is 18.4 Å². The van der Waals surface area contributed by atoms with E-state index in [1.807, 2.05) is 0 Å². The van der Waals surface area contributed by atoms with Gasteiger partial charge in [0.05, 0.1) is 16.9 Å². The molecule has 2 atom stereocenters. The van der Waals surface area contributed by atoms with Crippen molar-refractivity contribution in [2.24, 2.45) is 5.92 Å². The standard InChI is InChI=1S/C24H28FN3O5S/c25-19-5-3-17(4-6-19)11-12-28-16-18(14-23(28)29)24(30)27-20-7-9-22(10-8-20)34(31,32)26-15-21-2-1-13-33-21/h3-10,18,21,26H,1-2,11-16H2,(H,27,30)/t18-,21-/m0/s1. The fourth-order valence-corrected chi connectivity index (χ4v) is 5.20. The first-order chi connectivity index (χ1) is 16.3. The molecule has 2 aliphatic rings. The molecule has 4 rings (SSSR count). The Balaban J connectivity index is 1.27. The number of nitrogens with one attached hydrogen (secondary N) is 2. The number of halogens is 1. The fourth-order valence-electron chi connectivity index (χ4n) is 4.13. The summed E-state index contributed by atoms with van der Waals surface area (Å²) in [6.45, 7) is 1.65. The Morgan fingerprint density at radius 3 is 2.53 bits per heavy atom. The van der Waals surface area contributed by atoms with Crippen LogP contribution < -0.4 is 10.0 Å². The number of hydrogen-bond acceptors (Lipinski definition) is 5. The average Bonchev–Trinajstić information content (AvgIpc) is 3.48. The Bertz CT molecular complexity index is 1120. The predicted molar refractivity (Wildman–Crippen MR) is 124 cm³/mol. The third kappa shape index (κ3) is 6.19. The molecule has 0 saturated carbocycles. The summed E-state index contributed by atoms with van der Waals surface area (Å²) in [5, 5.41) is 2.77. The second-order valence-corrected chi connectivity index (χ2v) is 10.4. The maximum Gasteiger partial charge on any atom is 0.240 e. The zero-order valence-corrected chi connectivity index (χ0v) is 19.5. The highest BCUT2D eigenvalue weighted by molar-refractivity contribution is 7.89. The average molecular weight is 490 g/mol. The van der Waals surface area contributed by atoms with Crippen molar-refractivity contribution in [1.29, 1.82) is 0 Å². The molecule has 34 heavy (non-hydrogen) atoms. The van der Waals surface area contributed by atoms with Gasteiger partial charge in [-0.2, -0.15) is 0 Å². The van der Waals surface area contributed by atoms with Crippen molar-refractivity contribution >= 4 is 27.5 Å². The van der Waals surface area contributed by atoms with Crippen LogP contribution >= 0.6 is 0 Å². The number of benzene rings is 2. The molecule has 0 aromatic heterocycles. The number of sulfonamides is 1. The van der Waals surface area contributed by atoms with Gasteiger partial charge in [0.15, 0.2) is 0 Å². The molecule has 2 aromatic rings. The Labute approximate surface area is 198 Å². The second-order valence-electron chi connectivity index (χ2n) is 8.62. The number of carbonyl (C=O) groups excluding carboxylic acids is 2. The van der Waals surface area contributed by atoms with E-state index in [0.29, 0.717) is 31.8 Å². The summed E-state index contributed by atoms with van der Waals surface area (Å²) in [4.78, 5) is 26.8. The highest BCUT2D eigenvalue weighted by Gasteiger charge is 2.34. The molecule has 2 aliphatic heterocycles. The van der Waals surface area contributed by atoms with E-state index in [1.165, 1.54) is 36.4 Å². The van der Waals surface area contributed by atoms with E-state index in [4.69, 9.17) is 4.74 Å². The molecule has 2 amide bonds. The van der Waals surface area contributed by atoms with Gasteiger partial charge in [0.2, 0.25) is 21.8 Å². The zero-order chi connectivity index (χ0) is 24.1. The van der Waals surface area contributed by atoms with Crippen LogP contribution in [0.25, 0.3) is 0 Å². The third-order valence-corrected chi connectivity index (χ3v) is 7.57. The molecule has 0 bridgehead atoms. The van der Waals surface area contributed by atoms with E-state index in [1.54, 1.807) is 17.0 Å². The molecule has 10 heteroatoms. The number of nitrogens with zero attached hydrogens (tertiary/aromatic N) is 1. The molecule has 2 N–H and O–H groups in total. The van der Waals surface area contributed by atoms with E-state index < -0.39 is 15.9 Å². The molecule has 2 aromatic carbocycles. The van der Waals surface area contributed by atoms with Crippen molar-refractivity contribution < 1.29 is 27.1 Å². The van der Waals surface area contributed by atoms with Crippen molar-refractivity contribution in [3.63, 3.8) is 0 Å². The summed E-state index contributed by atoms with van der Waals surface area (Å²) in [5.41, 5.74) is 1.38. The van der Waals surface area contributed by atoms with Gasteiger partial charge in [0, 0.05) is 38.3 Å². The summed E-state index contributed by atoms with van der Waals surface area (Å²) < 4.78 is 46.0. The Morgan fingerprint density at radius 1 is 1.12 bits per heavy atom. The van der Waals surface area contributed by atoms with Gasteiger partial charge in [-0.05, 0) is 61.2 Å². The molecule has 0 radical (unpaired) electrons. The van der Waals surface area contributed by atoms with Crippen molar-refractivity contribution in [2.45, 2.75) is 36.7 Å². The molecule has 0 unspecified atom stereocenters. The van der Waals surface area contributed by atoms with Crippen LogP contribution in [0.1, 0.15) is 24.8 Å². The number of rotatable bonds is 9. The lowest BCUT2D eigenvalue weighted by molar-refractivity contribution is -0.128. The molecule has 2 saturated heterocycles. The normalized spacial score (nSPS) is 20.6. The molecular weight excluding hydrogens is 461 g/mol. The van der Waals surface area contributed by atoms with Crippen LogP contribution in [-0.4, -0.2) is 57.5 Å². The molecule has 0 aliphatic carbocycles. The monoisotopic (exact) mass is 489 g/mol. The van der Waals surface area contributed by atoms with Crippen molar-refractivity contribution in [1.82, 2.24) is 9.62 Å². The van der Waals surface area contributed by atoms with Crippen LogP contribution in [0.3, 0.4) is 0 Å². The van der Waals surface area contributed by atoms with Crippen molar-refractivity contribution in [3.05, 3.63) is 59.9 Å². The molecule has 182 valence electrons. The second kappa shape index (κ2) is 10.6. The van der Waals surface area contributed by atoms with Gasteiger partial charge in [-0.1, -0.05) is 12.1 Å². The Kier molecular flexibility index (Phi) is 7.60. The fraction of sp³-hybridized carbons (Fsp3) is 0.417. The topological polar surface area (TPSA) is 105 Å². The van der Waals surface area contributed by atoms with Crippen LogP contribution in [0.5, 0.6) is 0 Å². The van der Waals surface area contributed by atoms with E-state index in [9.17, 15) is 22.4 Å². The van der Waals surface area contributed by atoms with Crippen LogP contribution in [0.15, 0.2) is 53.4 Å². The summed E-state index contributed by atoms with van der Waals surface area (Å²) in [5.74, 6) is -1.18. The lowest BCUT2D eigenvalue weighted by atomic mass is 10.1. The van der Waals surface area contributed by atoms with Gasteiger partial charge in [0.25, 0.3) is 0 Å².